The first-order valence-electron chi connectivity index (χ1n) is 4.29. The lowest BCUT2D eigenvalue weighted by Crippen LogP contribution is -2.36. The zero-order valence-corrected chi connectivity index (χ0v) is 8.31. The summed E-state index contributed by atoms with van der Waals surface area (Å²) in [7, 11) is 2.42. The molecule has 5 nitrogen and oxygen atoms in total. The monoisotopic (exact) mass is 207 g/mol. The molecule has 0 bridgehead atoms. The SMILES string of the molecule is COC(=O)N(C(=O)OC)c1ccc2cc1-2. The van der Waals surface area contributed by atoms with Crippen LogP contribution in [0.1, 0.15) is 0 Å². The number of benzene rings is 1. The van der Waals surface area contributed by atoms with Gasteiger partial charge < -0.3 is 9.47 Å². The summed E-state index contributed by atoms with van der Waals surface area (Å²) in [5, 5.41) is 0. The number of hydrogen-bond acceptors (Lipinski definition) is 4. The molecule has 2 aliphatic carbocycles. The van der Waals surface area contributed by atoms with Crippen molar-refractivity contribution in [1.82, 2.24) is 0 Å². The third kappa shape index (κ3) is 1.41. The summed E-state index contributed by atoms with van der Waals surface area (Å²) < 4.78 is 9.02. The van der Waals surface area contributed by atoms with Crippen molar-refractivity contribution in [1.29, 1.82) is 0 Å². The standard InChI is InChI=1S/C10H9NO4/c1-14-9(12)11(10(13)15-2)8-4-3-6-5-7(6)8/h3-5H,1-2H3. The molecule has 0 saturated heterocycles. The van der Waals surface area contributed by atoms with Crippen molar-refractivity contribution in [3.8, 4) is 11.1 Å². The molecule has 0 N–H and O–H groups in total. The zero-order valence-electron chi connectivity index (χ0n) is 8.31. The van der Waals surface area contributed by atoms with E-state index in [4.69, 9.17) is 0 Å². The molecule has 0 aliphatic heterocycles. The Morgan fingerprint density at radius 3 is 2.07 bits per heavy atom. The normalized spacial score (nSPS) is 10.5. The average molecular weight is 207 g/mol. The van der Waals surface area contributed by atoms with Crippen LogP contribution in [0.2, 0.25) is 0 Å². The van der Waals surface area contributed by atoms with Crippen LogP contribution < -0.4 is 4.90 Å². The Labute approximate surface area is 86.2 Å². The molecule has 78 valence electrons. The summed E-state index contributed by atoms with van der Waals surface area (Å²) in [4.78, 5) is 23.6. The van der Waals surface area contributed by atoms with Gasteiger partial charge in [-0.15, -0.1) is 0 Å². The number of ether oxygens (including phenoxy) is 2. The van der Waals surface area contributed by atoms with E-state index in [0.29, 0.717) is 5.69 Å². The number of nitrogens with zero attached hydrogens (tertiary/aromatic N) is 1. The van der Waals surface area contributed by atoms with Crippen molar-refractivity contribution >= 4 is 17.9 Å². The summed E-state index contributed by atoms with van der Waals surface area (Å²) >= 11 is 0. The number of amides is 2. The quantitative estimate of drug-likeness (QED) is 0.717. The fraction of sp³-hybridized carbons (Fsp3) is 0.200. The lowest BCUT2D eigenvalue weighted by Gasteiger charge is -2.16. The topological polar surface area (TPSA) is 55.8 Å². The predicted octanol–water partition coefficient (Wildman–Crippen LogP) is 2.01. The molecule has 15 heavy (non-hydrogen) atoms. The molecule has 0 aromatic heterocycles. The average Bonchev–Trinajstić information content (AvgIpc) is 2.93. The van der Waals surface area contributed by atoms with Gasteiger partial charge in [0.05, 0.1) is 19.9 Å². The second-order valence-corrected chi connectivity index (χ2v) is 3.01. The minimum atomic E-state index is -0.754. The molecule has 0 saturated carbocycles. The number of anilines is 1. The first kappa shape index (κ1) is 9.51. The number of fused-ring (bicyclic) bond motifs is 1. The maximum atomic E-state index is 11.4. The van der Waals surface area contributed by atoms with E-state index in [0.717, 1.165) is 16.0 Å². The first-order valence-corrected chi connectivity index (χ1v) is 4.29. The smallest absolute Gasteiger partial charge is 0.423 e. The van der Waals surface area contributed by atoms with Gasteiger partial charge in [-0.05, 0) is 17.7 Å². The number of carbonyl (C=O) groups is 2. The highest BCUT2D eigenvalue weighted by atomic mass is 16.6. The van der Waals surface area contributed by atoms with Gasteiger partial charge in [-0.25, -0.2) is 9.59 Å². The van der Waals surface area contributed by atoms with E-state index in [1.54, 1.807) is 6.07 Å². The van der Waals surface area contributed by atoms with Gasteiger partial charge in [-0.1, -0.05) is 6.07 Å². The Bertz CT molecular complexity index is 425. The largest absolute Gasteiger partial charge is 0.452 e. The minimum absolute atomic E-state index is 0.503. The van der Waals surface area contributed by atoms with Crippen molar-refractivity contribution < 1.29 is 19.1 Å². The molecule has 0 atom stereocenters. The highest BCUT2D eigenvalue weighted by Gasteiger charge is 2.31. The van der Waals surface area contributed by atoms with Crippen LogP contribution in [0.4, 0.5) is 15.3 Å². The van der Waals surface area contributed by atoms with Crippen LogP contribution in [0.5, 0.6) is 0 Å². The van der Waals surface area contributed by atoms with Crippen LogP contribution in [-0.4, -0.2) is 26.4 Å². The highest BCUT2D eigenvalue weighted by Crippen LogP contribution is 2.44. The summed E-state index contributed by atoms with van der Waals surface area (Å²) in [6.07, 6.45) is -1.51. The maximum absolute atomic E-state index is 11.4. The Balaban J connectivity index is 2.31. The Kier molecular flexibility index (Phi) is 2.07. The molecule has 2 amide bonds. The van der Waals surface area contributed by atoms with Crippen molar-refractivity contribution in [3.63, 3.8) is 0 Å². The summed E-state index contributed by atoms with van der Waals surface area (Å²) in [5.74, 6) is 0. The predicted molar refractivity (Wildman–Crippen MR) is 52.7 cm³/mol. The maximum Gasteiger partial charge on any atom is 0.423 e. The molecule has 0 aromatic carbocycles. The van der Waals surface area contributed by atoms with E-state index in [1.165, 1.54) is 14.2 Å². The Morgan fingerprint density at radius 2 is 1.73 bits per heavy atom. The van der Waals surface area contributed by atoms with E-state index in [9.17, 15) is 9.59 Å². The molecule has 0 unspecified atom stereocenters. The molecular weight excluding hydrogens is 198 g/mol. The van der Waals surface area contributed by atoms with Gasteiger partial charge in [0, 0.05) is 5.56 Å². The van der Waals surface area contributed by atoms with Gasteiger partial charge in [0.2, 0.25) is 0 Å². The van der Waals surface area contributed by atoms with E-state index in [2.05, 4.69) is 9.47 Å². The van der Waals surface area contributed by atoms with Gasteiger partial charge in [0.15, 0.2) is 0 Å². The second-order valence-electron chi connectivity index (χ2n) is 3.01. The third-order valence-electron chi connectivity index (χ3n) is 2.18. The minimum Gasteiger partial charge on any atom is -0.452 e. The molecular formula is C10H9NO4. The fourth-order valence-corrected chi connectivity index (χ4v) is 1.39. The van der Waals surface area contributed by atoms with E-state index in [-0.39, 0.29) is 0 Å². The summed E-state index contributed by atoms with van der Waals surface area (Å²) in [6, 6.07) is 5.37. The van der Waals surface area contributed by atoms with Crippen LogP contribution in [-0.2, 0) is 9.47 Å². The van der Waals surface area contributed by atoms with Crippen LogP contribution >= 0.6 is 0 Å². The van der Waals surface area contributed by atoms with E-state index in [1.807, 2.05) is 12.1 Å². The Morgan fingerprint density at radius 1 is 1.13 bits per heavy atom. The molecule has 0 aromatic rings. The van der Waals surface area contributed by atoms with Gasteiger partial charge in [0.25, 0.3) is 0 Å². The Hall–Kier alpha value is -2.04. The van der Waals surface area contributed by atoms with Crippen molar-refractivity contribution in [2.45, 2.75) is 0 Å². The first-order chi connectivity index (χ1) is 7.19. The number of imide groups is 1. The van der Waals surface area contributed by atoms with Gasteiger partial charge >= 0.3 is 12.2 Å². The molecule has 0 fully saturated rings. The third-order valence-corrected chi connectivity index (χ3v) is 2.18. The van der Waals surface area contributed by atoms with Crippen LogP contribution in [0.3, 0.4) is 0 Å². The zero-order chi connectivity index (χ0) is 11.0. The van der Waals surface area contributed by atoms with Crippen LogP contribution in [0.25, 0.3) is 11.1 Å². The second kappa shape index (κ2) is 3.27. The molecule has 2 rings (SSSR count). The van der Waals surface area contributed by atoms with Crippen molar-refractivity contribution in [3.05, 3.63) is 18.2 Å². The van der Waals surface area contributed by atoms with E-state index >= 15 is 0 Å². The molecule has 0 heterocycles. The van der Waals surface area contributed by atoms with Gasteiger partial charge in [0.1, 0.15) is 0 Å². The number of methoxy groups -OCH3 is 2. The van der Waals surface area contributed by atoms with Crippen molar-refractivity contribution in [2.24, 2.45) is 0 Å². The summed E-state index contributed by atoms with van der Waals surface area (Å²) in [5.41, 5.74) is 2.41. The van der Waals surface area contributed by atoms with Crippen molar-refractivity contribution in [2.75, 3.05) is 19.1 Å². The molecule has 0 radical (unpaired) electrons. The lowest BCUT2D eigenvalue weighted by molar-refractivity contribution is 0.159. The number of hydrogen-bond donors (Lipinski definition) is 0. The lowest BCUT2D eigenvalue weighted by atomic mass is 10.4. The molecule has 0 spiro atoms. The number of rotatable bonds is 1. The molecule has 2 aliphatic rings. The van der Waals surface area contributed by atoms with Gasteiger partial charge in [-0.3, -0.25) is 0 Å². The summed E-state index contributed by atoms with van der Waals surface area (Å²) in [6.45, 7) is 0. The fourth-order valence-electron chi connectivity index (χ4n) is 1.39. The van der Waals surface area contributed by atoms with Gasteiger partial charge in [-0.2, -0.15) is 4.90 Å². The van der Waals surface area contributed by atoms with Crippen LogP contribution in [0, 0.1) is 0 Å². The molecule has 5 heteroatoms. The van der Waals surface area contributed by atoms with Crippen LogP contribution in [0.15, 0.2) is 18.2 Å². The highest BCUT2D eigenvalue weighted by molar-refractivity contribution is 6.14. The van der Waals surface area contributed by atoms with E-state index < -0.39 is 12.2 Å². The number of carbonyl (C=O) groups excluding carboxylic acids is 2.